The second-order valence-electron chi connectivity index (χ2n) is 3.89. The number of aromatic amines is 1. The summed E-state index contributed by atoms with van der Waals surface area (Å²) in [5, 5.41) is 0. The zero-order valence-corrected chi connectivity index (χ0v) is 8.96. The minimum Gasteiger partial charge on any atom is -0.459 e. The van der Waals surface area contributed by atoms with Crippen molar-refractivity contribution in [1.82, 2.24) is 4.98 Å². The van der Waals surface area contributed by atoms with Gasteiger partial charge in [-0.3, -0.25) is 4.79 Å². The third kappa shape index (κ3) is 3.64. The zero-order valence-electron chi connectivity index (χ0n) is 8.96. The normalized spacial score (nSPS) is 10.6. The maximum absolute atomic E-state index is 10.6. The molecule has 0 spiro atoms. The molecule has 1 rings (SSSR count). The number of ether oxygens (including phenoxy) is 1. The van der Waals surface area contributed by atoms with Crippen LogP contribution in [0.1, 0.15) is 32.2 Å². The second kappa shape index (κ2) is 4.84. The first-order valence-corrected chi connectivity index (χ1v) is 4.88. The molecule has 78 valence electrons. The van der Waals surface area contributed by atoms with E-state index in [2.05, 4.69) is 18.8 Å². The first kappa shape index (κ1) is 10.8. The predicted octanol–water partition coefficient (Wildman–Crippen LogP) is 2.28. The Kier molecular flexibility index (Phi) is 3.74. The van der Waals surface area contributed by atoms with Crippen molar-refractivity contribution in [2.75, 3.05) is 0 Å². The molecule has 0 saturated carbocycles. The van der Waals surface area contributed by atoms with E-state index in [1.807, 2.05) is 12.1 Å². The molecule has 0 radical (unpaired) electrons. The lowest BCUT2D eigenvalue weighted by Crippen LogP contribution is -1.99. The second-order valence-corrected chi connectivity index (χ2v) is 3.89. The van der Waals surface area contributed by atoms with Crippen molar-refractivity contribution < 1.29 is 9.53 Å². The van der Waals surface area contributed by atoms with Crippen LogP contribution < -0.4 is 0 Å². The van der Waals surface area contributed by atoms with Crippen molar-refractivity contribution >= 4 is 5.97 Å². The van der Waals surface area contributed by atoms with Crippen molar-refractivity contribution in [3.8, 4) is 0 Å². The van der Waals surface area contributed by atoms with Gasteiger partial charge in [0, 0.05) is 12.6 Å². The molecular weight excluding hydrogens is 178 g/mol. The Bertz CT molecular complexity index is 302. The van der Waals surface area contributed by atoms with E-state index < -0.39 is 0 Å². The maximum atomic E-state index is 10.6. The number of H-pyrrole nitrogens is 1. The SMILES string of the molecule is CC(=O)OCc1ccc(CC(C)C)[nH]1. The van der Waals surface area contributed by atoms with Crippen molar-refractivity contribution in [2.45, 2.75) is 33.8 Å². The van der Waals surface area contributed by atoms with Gasteiger partial charge in [-0.2, -0.15) is 0 Å². The Morgan fingerprint density at radius 1 is 1.43 bits per heavy atom. The van der Waals surface area contributed by atoms with Crippen LogP contribution in [0.25, 0.3) is 0 Å². The Morgan fingerprint density at radius 2 is 2.07 bits per heavy atom. The lowest BCUT2D eigenvalue weighted by molar-refractivity contribution is -0.142. The molecule has 14 heavy (non-hydrogen) atoms. The molecular formula is C11H17NO2. The summed E-state index contributed by atoms with van der Waals surface area (Å²) in [7, 11) is 0. The number of nitrogens with one attached hydrogen (secondary N) is 1. The fourth-order valence-electron chi connectivity index (χ4n) is 1.31. The Morgan fingerprint density at radius 3 is 2.64 bits per heavy atom. The molecule has 1 N–H and O–H groups in total. The van der Waals surface area contributed by atoms with Gasteiger partial charge in [0.25, 0.3) is 0 Å². The van der Waals surface area contributed by atoms with Gasteiger partial charge < -0.3 is 9.72 Å². The van der Waals surface area contributed by atoms with Crippen molar-refractivity contribution in [3.05, 3.63) is 23.5 Å². The first-order valence-electron chi connectivity index (χ1n) is 4.88. The Hall–Kier alpha value is -1.25. The van der Waals surface area contributed by atoms with Gasteiger partial charge in [-0.25, -0.2) is 0 Å². The summed E-state index contributed by atoms with van der Waals surface area (Å²) in [5.74, 6) is 0.389. The highest BCUT2D eigenvalue weighted by molar-refractivity contribution is 5.65. The lowest BCUT2D eigenvalue weighted by atomic mass is 10.1. The third-order valence-electron chi connectivity index (χ3n) is 1.87. The van der Waals surface area contributed by atoms with Gasteiger partial charge in [0.05, 0.1) is 5.69 Å². The summed E-state index contributed by atoms with van der Waals surface area (Å²) in [4.78, 5) is 13.8. The van der Waals surface area contributed by atoms with Crippen LogP contribution in [-0.2, 0) is 22.6 Å². The average molecular weight is 195 g/mol. The van der Waals surface area contributed by atoms with E-state index in [-0.39, 0.29) is 5.97 Å². The summed E-state index contributed by atoms with van der Waals surface area (Å²) >= 11 is 0. The van der Waals surface area contributed by atoms with E-state index in [9.17, 15) is 4.79 Å². The number of carbonyl (C=O) groups excluding carboxylic acids is 1. The maximum Gasteiger partial charge on any atom is 0.303 e. The standard InChI is InChI=1S/C11H17NO2/c1-8(2)6-10-4-5-11(12-10)7-14-9(3)13/h4-5,8,12H,6-7H2,1-3H3. The number of carbonyl (C=O) groups is 1. The van der Waals surface area contributed by atoms with Gasteiger partial charge in [-0.15, -0.1) is 0 Å². The average Bonchev–Trinajstić information content (AvgIpc) is 2.47. The molecule has 0 aliphatic heterocycles. The third-order valence-corrected chi connectivity index (χ3v) is 1.87. The molecule has 1 aromatic rings. The summed E-state index contributed by atoms with van der Waals surface area (Å²) in [6.45, 7) is 6.10. The van der Waals surface area contributed by atoms with E-state index in [1.165, 1.54) is 12.6 Å². The largest absolute Gasteiger partial charge is 0.459 e. The van der Waals surface area contributed by atoms with Crippen LogP contribution in [0.15, 0.2) is 12.1 Å². The van der Waals surface area contributed by atoms with Gasteiger partial charge in [-0.1, -0.05) is 13.8 Å². The molecule has 3 heteroatoms. The highest BCUT2D eigenvalue weighted by Gasteiger charge is 2.02. The number of aromatic nitrogens is 1. The molecule has 0 aromatic carbocycles. The molecule has 0 saturated heterocycles. The van der Waals surface area contributed by atoms with Crippen molar-refractivity contribution in [1.29, 1.82) is 0 Å². The van der Waals surface area contributed by atoms with Gasteiger partial charge in [-0.05, 0) is 24.5 Å². The molecule has 0 aliphatic carbocycles. The van der Waals surface area contributed by atoms with Crippen LogP contribution in [0.4, 0.5) is 0 Å². The van der Waals surface area contributed by atoms with E-state index >= 15 is 0 Å². The molecule has 0 bridgehead atoms. The Labute approximate surface area is 84.5 Å². The summed E-state index contributed by atoms with van der Waals surface area (Å²) in [6.07, 6.45) is 1.03. The van der Waals surface area contributed by atoms with E-state index in [0.717, 1.165) is 12.1 Å². The quantitative estimate of drug-likeness (QED) is 0.749. The number of rotatable bonds is 4. The molecule has 0 aliphatic rings. The fourth-order valence-corrected chi connectivity index (χ4v) is 1.31. The van der Waals surface area contributed by atoms with Crippen LogP contribution >= 0.6 is 0 Å². The molecule has 1 heterocycles. The van der Waals surface area contributed by atoms with E-state index in [1.54, 1.807) is 0 Å². The fraction of sp³-hybridized carbons (Fsp3) is 0.545. The van der Waals surface area contributed by atoms with Crippen LogP contribution in [0.5, 0.6) is 0 Å². The lowest BCUT2D eigenvalue weighted by Gasteiger charge is -2.02. The number of hydrogen-bond donors (Lipinski definition) is 1. The monoisotopic (exact) mass is 195 g/mol. The first-order chi connectivity index (χ1) is 6.58. The topological polar surface area (TPSA) is 42.1 Å². The van der Waals surface area contributed by atoms with Gasteiger partial charge in [0.2, 0.25) is 0 Å². The minimum atomic E-state index is -0.245. The zero-order chi connectivity index (χ0) is 10.6. The summed E-state index contributed by atoms with van der Waals surface area (Å²) < 4.78 is 4.88. The van der Waals surface area contributed by atoms with Crippen LogP contribution in [0.2, 0.25) is 0 Å². The van der Waals surface area contributed by atoms with E-state index in [0.29, 0.717) is 12.5 Å². The predicted molar refractivity (Wildman–Crippen MR) is 54.8 cm³/mol. The molecule has 1 aromatic heterocycles. The van der Waals surface area contributed by atoms with Crippen LogP contribution in [0, 0.1) is 5.92 Å². The summed E-state index contributed by atoms with van der Waals surface area (Å²) in [5.41, 5.74) is 2.15. The number of esters is 1. The smallest absolute Gasteiger partial charge is 0.303 e. The molecule has 0 fully saturated rings. The molecule has 0 atom stereocenters. The Balaban J connectivity index is 2.46. The van der Waals surface area contributed by atoms with Crippen molar-refractivity contribution in [3.63, 3.8) is 0 Å². The van der Waals surface area contributed by atoms with Gasteiger partial charge in [0.15, 0.2) is 0 Å². The van der Waals surface area contributed by atoms with E-state index in [4.69, 9.17) is 4.74 Å². The number of hydrogen-bond acceptors (Lipinski definition) is 2. The molecule has 3 nitrogen and oxygen atoms in total. The van der Waals surface area contributed by atoms with Gasteiger partial charge >= 0.3 is 5.97 Å². The minimum absolute atomic E-state index is 0.245. The molecule has 0 unspecified atom stereocenters. The van der Waals surface area contributed by atoms with Crippen LogP contribution in [0.3, 0.4) is 0 Å². The van der Waals surface area contributed by atoms with Crippen molar-refractivity contribution in [2.24, 2.45) is 5.92 Å². The van der Waals surface area contributed by atoms with Gasteiger partial charge in [0.1, 0.15) is 6.61 Å². The highest BCUT2D eigenvalue weighted by atomic mass is 16.5. The highest BCUT2D eigenvalue weighted by Crippen LogP contribution is 2.08. The van der Waals surface area contributed by atoms with Crippen LogP contribution in [-0.4, -0.2) is 11.0 Å². The summed E-state index contributed by atoms with van der Waals surface area (Å²) in [6, 6.07) is 4.00. The molecule has 0 amide bonds.